The number of aryl methyl sites for hydroxylation is 1. The smallest absolute Gasteiger partial charge is 0.348 e. The first kappa shape index (κ1) is 32.9. The molecule has 1 saturated heterocycles. The Morgan fingerprint density at radius 3 is 2.33 bits per heavy atom. The fourth-order valence-corrected chi connectivity index (χ4v) is 5.28. The Balaban J connectivity index is 0.000000274. The van der Waals surface area contributed by atoms with Crippen LogP contribution in [0.1, 0.15) is 111 Å². The molecule has 1 amide bonds. The molecular formula is C31H47NO6S. The van der Waals surface area contributed by atoms with Gasteiger partial charge in [0, 0.05) is 23.5 Å². The molecule has 2 heterocycles. The molecule has 1 aromatic heterocycles. The topological polar surface area (TPSA) is 107 Å². The summed E-state index contributed by atoms with van der Waals surface area (Å²) in [4.78, 5) is 27.1. The van der Waals surface area contributed by atoms with Crippen LogP contribution in [0.2, 0.25) is 0 Å². The van der Waals surface area contributed by atoms with Crippen LogP contribution >= 0.6 is 11.3 Å². The number of carbonyl (C=O) groups is 2. The first-order valence-corrected chi connectivity index (χ1v) is 15.3. The Hall–Kier alpha value is -2.26. The molecule has 8 heteroatoms. The first-order chi connectivity index (χ1) is 18.9. The Bertz CT molecular complexity index is 960. The lowest BCUT2D eigenvalue weighted by Crippen LogP contribution is -2.23. The number of nitrogens with zero attached hydrogens (tertiary/aromatic N) is 1. The average Bonchev–Trinajstić information content (AvgIpc) is 3.61. The zero-order chi connectivity index (χ0) is 28.5. The lowest BCUT2D eigenvalue weighted by molar-refractivity contribution is -0.117. The highest BCUT2D eigenvalue weighted by Gasteiger charge is 2.21. The van der Waals surface area contributed by atoms with Crippen LogP contribution in [0.4, 0.5) is 5.69 Å². The number of esters is 1. The molecule has 0 bridgehead atoms. The number of aliphatic hydroxyl groups is 3. The molecule has 2 aromatic rings. The number of anilines is 1. The van der Waals surface area contributed by atoms with Crippen molar-refractivity contribution in [3.63, 3.8) is 0 Å². The van der Waals surface area contributed by atoms with E-state index in [4.69, 9.17) is 14.9 Å². The average molecular weight is 562 g/mol. The van der Waals surface area contributed by atoms with E-state index in [0.29, 0.717) is 30.7 Å². The van der Waals surface area contributed by atoms with Gasteiger partial charge in [-0.2, -0.15) is 0 Å². The van der Waals surface area contributed by atoms with Crippen molar-refractivity contribution in [3.05, 3.63) is 51.7 Å². The molecular weight excluding hydrogens is 514 g/mol. The fraction of sp³-hybridized carbons (Fsp3) is 0.613. The molecule has 0 saturated carbocycles. The summed E-state index contributed by atoms with van der Waals surface area (Å²) in [6.45, 7) is 5.27. The summed E-state index contributed by atoms with van der Waals surface area (Å²) in [5.41, 5.74) is 1.90. The van der Waals surface area contributed by atoms with E-state index in [9.17, 15) is 14.7 Å². The molecule has 7 nitrogen and oxygen atoms in total. The number of carbonyl (C=O) groups excluding carboxylic acids is 2. The van der Waals surface area contributed by atoms with Crippen LogP contribution in [0.25, 0.3) is 0 Å². The second-order valence-corrected chi connectivity index (χ2v) is 11.3. The molecule has 1 fully saturated rings. The molecule has 1 aromatic carbocycles. The summed E-state index contributed by atoms with van der Waals surface area (Å²) in [5, 5.41) is 27.9. The maximum Gasteiger partial charge on any atom is 0.348 e. The van der Waals surface area contributed by atoms with Gasteiger partial charge in [-0.05, 0) is 74.8 Å². The van der Waals surface area contributed by atoms with E-state index in [-0.39, 0.29) is 24.6 Å². The normalized spacial score (nSPS) is 14.6. The van der Waals surface area contributed by atoms with Crippen LogP contribution in [0, 0.1) is 0 Å². The van der Waals surface area contributed by atoms with Gasteiger partial charge in [-0.3, -0.25) is 4.79 Å². The molecule has 218 valence electrons. The number of hydrogen-bond donors (Lipinski definition) is 3. The van der Waals surface area contributed by atoms with E-state index >= 15 is 0 Å². The number of benzene rings is 1. The molecule has 0 spiro atoms. The highest BCUT2D eigenvalue weighted by Crippen LogP contribution is 2.25. The van der Waals surface area contributed by atoms with E-state index in [1.807, 2.05) is 41.3 Å². The van der Waals surface area contributed by atoms with Gasteiger partial charge in [-0.15, -0.1) is 11.3 Å². The zero-order valence-corrected chi connectivity index (χ0v) is 24.5. The third-order valence-electron chi connectivity index (χ3n) is 6.76. The van der Waals surface area contributed by atoms with Crippen LogP contribution in [-0.2, 0) is 16.0 Å². The molecule has 0 aliphatic carbocycles. The van der Waals surface area contributed by atoms with Gasteiger partial charge >= 0.3 is 5.97 Å². The third-order valence-corrected chi connectivity index (χ3v) is 7.88. The Morgan fingerprint density at radius 1 is 0.974 bits per heavy atom. The molecule has 2 atom stereocenters. The predicted molar refractivity (Wildman–Crippen MR) is 157 cm³/mol. The molecule has 3 N–H and O–H groups in total. The van der Waals surface area contributed by atoms with Crippen LogP contribution in [0.5, 0.6) is 0 Å². The van der Waals surface area contributed by atoms with E-state index in [2.05, 4.69) is 13.8 Å². The minimum atomic E-state index is -0.663. The highest BCUT2D eigenvalue weighted by molar-refractivity contribution is 7.13. The summed E-state index contributed by atoms with van der Waals surface area (Å²) in [7, 11) is 0. The maximum atomic E-state index is 11.8. The van der Waals surface area contributed by atoms with Gasteiger partial charge in [0.25, 0.3) is 0 Å². The predicted octanol–water partition coefficient (Wildman–Crippen LogP) is 6.20. The Labute approximate surface area is 237 Å². The van der Waals surface area contributed by atoms with Gasteiger partial charge in [0.1, 0.15) is 4.88 Å². The summed E-state index contributed by atoms with van der Waals surface area (Å²) in [6.07, 6.45) is 10.1. The number of aliphatic hydroxyl groups excluding tert-OH is 3. The molecule has 1 aliphatic heterocycles. The summed E-state index contributed by atoms with van der Waals surface area (Å²) in [6, 6.07) is 11.6. The minimum Gasteiger partial charge on any atom is -0.462 e. The van der Waals surface area contributed by atoms with Crippen LogP contribution in [0.3, 0.4) is 0 Å². The van der Waals surface area contributed by atoms with E-state index < -0.39 is 6.10 Å². The SMILES string of the molecule is CCCCC[C@H](O)c1ccc(N2CCCC2=O)cc1.CCCCc1ccc(C(=O)OCCCCC(O)CO)s1. The second-order valence-electron chi connectivity index (χ2n) is 10.1. The Kier molecular flexibility index (Phi) is 16.0. The Morgan fingerprint density at radius 2 is 1.69 bits per heavy atom. The van der Waals surface area contributed by atoms with Crippen molar-refractivity contribution in [2.24, 2.45) is 0 Å². The quantitative estimate of drug-likeness (QED) is 0.166. The second kappa shape index (κ2) is 18.9. The molecule has 1 aliphatic rings. The summed E-state index contributed by atoms with van der Waals surface area (Å²) < 4.78 is 5.19. The van der Waals surface area contributed by atoms with Crippen LogP contribution in [0.15, 0.2) is 36.4 Å². The molecule has 39 heavy (non-hydrogen) atoms. The van der Waals surface area contributed by atoms with Gasteiger partial charge in [-0.1, -0.05) is 51.7 Å². The van der Waals surface area contributed by atoms with Crippen molar-refractivity contribution in [1.82, 2.24) is 0 Å². The molecule has 3 rings (SSSR count). The van der Waals surface area contributed by atoms with Crippen molar-refractivity contribution < 1.29 is 29.6 Å². The third kappa shape index (κ3) is 12.2. The lowest BCUT2D eigenvalue weighted by atomic mass is 10.0. The lowest BCUT2D eigenvalue weighted by Gasteiger charge is -2.17. The summed E-state index contributed by atoms with van der Waals surface area (Å²) in [5.74, 6) is -0.0586. The van der Waals surface area contributed by atoms with Crippen LogP contribution in [-0.4, -0.2) is 53.1 Å². The van der Waals surface area contributed by atoms with Crippen molar-refractivity contribution in [2.75, 3.05) is 24.7 Å². The first-order valence-electron chi connectivity index (χ1n) is 14.5. The highest BCUT2D eigenvalue weighted by atomic mass is 32.1. The summed E-state index contributed by atoms with van der Waals surface area (Å²) >= 11 is 1.51. The monoisotopic (exact) mass is 561 g/mol. The molecule has 1 unspecified atom stereocenters. The largest absolute Gasteiger partial charge is 0.462 e. The van der Waals surface area contributed by atoms with Crippen molar-refractivity contribution in [2.45, 2.75) is 103 Å². The standard InChI is InChI=1S/C16H23NO2.C15H24O4S/c1-2-3-4-6-15(18)13-8-10-14(11-9-13)17-12-5-7-16(17)19;1-2-3-7-13-8-9-14(20-13)15(18)19-10-5-4-6-12(17)11-16/h8-11,15,18H,2-7,12H2,1H3;8-9,12,16-17H,2-7,10-11H2,1H3/t15-;/m0./s1. The number of unbranched alkanes of at least 4 members (excludes halogenated alkanes) is 4. The van der Waals surface area contributed by atoms with Crippen LogP contribution < -0.4 is 4.90 Å². The van der Waals surface area contributed by atoms with Crippen molar-refractivity contribution >= 4 is 28.9 Å². The number of rotatable bonds is 16. The van der Waals surface area contributed by atoms with Gasteiger partial charge in [0.05, 0.1) is 25.4 Å². The van der Waals surface area contributed by atoms with Gasteiger partial charge < -0.3 is 25.0 Å². The fourth-order valence-electron chi connectivity index (χ4n) is 4.33. The zero-order valence-electron chi connectivity index (χ0n) is 23.6. The maximum absolute atomic E-state index is 11.8. The van der Waals surface area contributed by atoms with Crippen molar-refractivity contribution in [3.8, 4) is 0 Å². The van der Waals surface area contributed by atoms with E-state index in [1.54, 1.807) is 0 Å². The van der Waals surface area contributed by atoms with Gasteiger partial charge in [-0.25, -0.2) is 4.79 Å². The number of thiophene rings is 1. The molecule has 0 radical (unpaired) electrons. The van der Waals surface area contributed by atoms with E-state index in [1.165, 1.54) is 22.6 Å². The van der Waals surface area contributed by atoms with Crippen molar-refractivity contribution in [1.29, 1.82) is 0 Å². The van der Waals surface area contributed by atoms with Gasteiger partial charge in [0.15, 0.2) is 0 Å². The van der Waals surface area contributed by atoms with E-state index in [0.717, 1.165) is 69.2 Å². The number of hydrogen-bond acceptors (Lipinski definition) is 7. The van der Waals surface area contributed by atoms with Gasteiger partial charge in [0.2, 0.25) is 5.91 Å². The number of amides is 1. The number of ether oxygens (including phenoxy) is 1. The minimum absolute atomic E-state index is 0.205.